The number of ether oxygens (including phenoxy) is 1. The van der Waals surface area contributed by atoms with Gasteiger partial charge in [0.1, 0.15) is 7.79 Å². The van der Waals surface area contributed by atoms with Crippen LogP contribution in [0.1, 0.15) is 45.4 Å². The molecule has 4 atom stereocenters. The molecule has 6 heteroatoms. The highest BCUT2D eigenvalue weighted by atomic mass is 31.2. The van der Waals surface area contributed by atoms with Crippen LogP contribution >= 0.6 is 7.79 Å². The van der Waals surface area contributed by atoms with E-state index >= 15 is 0 Å². The van der Waals surface area contributed by atoms with Crippen LogP contribution in [-0.4, -0.2) is 48.1 Å². The van der Waals surface area contributed by atoms with E-state index in [-0.39, 0.29) is 11.9 Å². The molecule has 0 aromatic rings. The highest BCUT2D eigenvalue weighted by molar-refractivity contribution is 7.67. The number of nitrogens with zero attached hydrogens (tertiary/aromatic N) is 2. The average molecular weight is 340 g/mol. The van der Waals surface area contributed by atoms with E-state index in [1.54, 1.807) is 0 Å². The van der Waals surface area contributed by atoms with E-state index in [1.165, 1.54) is 12.8 Å². The molecule has 0 aromatic heterocycles. The number of esters is 1. The third-order valence-electron chi connectivity index (χ3n) is 6.07. The minimum Gasteiger partial charge on any atom is -0.647 e. The van der Waals surface area contributed by atoms with Crippen LogP contribution in [0.3, 0.4) is 0 Å². The third-order valence-corrected chi connectivity index (χ3v) is 9.03. The van der Waals surface area contributed by atoms with Gasteiger partial charge in [0.05, 0.1) is 24.5 Å². The number of allylic oxidation sites excluding steroid dienone is 1. The summed E-state index contributed by atoms with van der Waals surface area (Å²) in [7, 11) is 1.42. The zero-order valence-electron chi connectivity index (χ0n) is 14.5. The topological polar surface area (TPSA) is 55.8 Å². The maximum absolute atomic E-state index is 13.6. The fourth-order valence-corrected chi connectivity index (χ4v) is 7.12. The lowest BCUT2D eigenvalue weighted by Crippen LogP contribution is -2.37. The molecule has 0 amide bonds. The zero-order chi connectivity index (χ0) is 16.6. The molecule has 1 saturated carbocycles. The minimum absolute atomic E-state index is 0.103. The number of fused-ring (bicyclic) bond motifs is 1. The molecule has 3 aliphatic rings. The second-order valence-electron chi connectivity index (χ2n) is 7.33. The molecule has 5 nitrogen and oxygen atoms in total. The molecule has 2 aliphatic heterocycles. The normalized spacial score (nSPS) is 36.9. The highest BCUT2D eigenvalue weighted by Crippen LogP contribution is 2.66. The Hall–Kier alpha value is -0.480. The monoisotopic (exact) mass is 340 g/mol. The number of hydrogen-bond donors (Lipinski definition) is 0. The summed E-state index contributed by atoms with van der Waals surface area (Å²) in [5.74, 6) is 2.39. The molecule has 130 valence electrons. The van der Waals surface area contributed by atoms with Crippen molar-refractivity contribution in [3.8, 4) is 0 Å². The van der Waals surface area contributed by atoms with Crippen LogP contribution in [0.15, 0.2) is 11.9 Å². The molecular formula is C17H29N2O3P. The summed E-state index contributed by atoms with van der Waals surface area (Å²) in [6, 6.07) is 0.841. The van der Waals surface area contributed by atoms with Crippen molar-refractivity contribution < 1.29 is 14.4 Å². The quantitative estimate of drug-likeness (QED) is 0.583. The number of rotatable bonds is 3. The molecule has 3 rings (SSSR count). The summed E-state index contributed by atoms with van der Waals surface area (Å²) in [5.41, 5.74) is 0. The molecule has 0 unspecified atom stereocenters. The molecule has 2 heterocycles. The van der Waals surface area contributed by atoms with Gasteiger partial charge in [0.25, 0.3) is 0 Å². The third kappa shape index (κ3) is 3.21. The Labute approximate surface area is 140 Å². The van der Waals surface area contributed by atoms with Gasteiger partial charge in [-0.15, -0.1) is 0 Å². The first-order chi connectivity index (χ1) is 10.9. The van der Waals surface area contributed by atoms with E-state index in [4.69, 9.17) is 4.74 Å². The maximum atomic E-state index is 13.6. The summed E-state index contributed by atoms with van der Waals surface area (Å²) < 4.78 is 9.26. The minimum atomic E-state index is -2.61. The summed E-state index contributed by atoms with van der Waals surface area (Å²) in [6.45, 7) is 2.64. The smallest absolute Gasteiger partial charge is 0.306 e. The van der Waals surface area contributed by atoms with Crippen molar-refractivity contribution in [2.24, 2.45) is 11.8 Å². The van der Waals surface area contributed by atoms with Crippen molar-refractivity contribution >= 4 is 13.8 Å². The molecule has 2 saturated heterocycles. The lowest BCUT2D eigenvalue weighted by molar-refractivity contribution is -0.185. The van der Waals surface area contributed by atoms with E-state index in [0.717, 1.165) is 19.3 Å². The number of carbonyl (C=O) groups is 1. The number of likely N-dealkylation sites (N-methyl/N-ethyl adjacent to an activating group) is 2. The number of carbonyl (C=O) groups excluding carboxylic acids is 1. The van der Waals surface area contributed by atoms with Crippen molar-refractivity contribution in [3.63, 3.8) is 0 Å². The zero-order valence-corrected chi connectivity index (χ0v) is 15.4. The van der Waals surface area contributed by atoms with Crippen LogP contribution < -0.4 is 4.89 Å². The first kappa shape index (κ1) is 17.3. The average Bonchev–Trinajstić information content (AvgIpc) is 2.75. The SMILES string of the molecule is C[C@@H](/C=C/[P+]1([O-])N(C)[C@@H]2CCCC[C@H]2N1C)[C@@H]1CCOC(=O)C1. The first-order valence-electron chi connectivity index (χ1n) is 8.85. The molecule has 0 N–H and O–H groups in total. The van der Waals surface area contributed by atoms with Gasteiger partial charge in [-0.3, -0.25) is 4.79 Å². The van der Waals surface area contributed by atoms with Gasteiger partial charge < -0.3 is 9.63 Å². The maximum Gasteiger partial charge on any atom is 0.306 e. The highest BCUT2D eigenvalue weighted by Gasteiger charge is 2.54. The van der Waals surface area contributed by atoms with Crippen LogP contribution in [0.2, 0.25) is 0 Å². The van der Waals surface area contributed by atoms with Gasteiger partial charge in [0, 0.05) is 20.5 Å². The fraction of sp³-hybridized carbons (Fsp3) is 0.824. The van der Waals surface area contributed by atoms with Crippen LogP contribution in [-0.2, 0) is 9.53 Å². The van der Waals surface area contributed by atoms with Crippen molar-refractivity contribution in [3.05, 3.63) is 11.9 Å². The van der Waals surface area contributed by atoms with Crippen molar-refractivity contribution in [1.29, 1.82) is 0 Å². The second kappa shape index (κ2) is 6.79. The van der Waals surface area contributed by atoms with E-state index in [9.17, 15) is 9.69 Å². The van der Waals surface area contributed by atoms with E-state index in [0.29, 0.717) is 31.0 Å². The van der Waals surface area contributed by atoms with E-state index in [2.05, 4.69) is 22.3 Å². The Balaban J connectivity index is 1.71. The van der Waals surface area contributed by atoms with Crippen molar-refractivity contribution in [1.82, 2.24) is 9.34 Å². The van der Waals surface area contributed by atoms with E-state index < -0.39 is 7.79 Å². The summed E-state index contributed by atoms with van der Waals surface area (Å²) in [4.78, 5) is 25.0. The van der Waals surface area contributed by atoms with Crippen molar-refractivity contribution in [2.45, 2.75) is 57.5 Å². The lowest BCUT2D eigenvalue weighted by atomic mass is 9.87. The predicted octanol–water partition coefficient (Wildman–Crippen LogP) is 2.40. The first-order valence-corrected chi connectivity index (χ1v) is 10.5. The molecule has 0 bridgehead atoms. The fourth-order valence-electron chi connectivity index (χ4n) is 4.37. The van der Waals surface area contributed by atoms with Crippen LogP contribution in [0, 0.1) is 11.8 Å². The number of cyclic esters (lactones) is 1. The largest absolute Gasteiger partial charge is 0.647 e. The van der Waals surface area contributed by atoms with E-state index in [1.807, 2.05) is 19.9 Å². The molecular weight excluding hydrogens is 311 g/mol. The molecule has 0 aromatic carbocycles. The van der Waals surface area contributed by atoms with Crippen LogP contribution in [0.5, 0.6) is 0 Å². The Morgan fingerprint density at radius 2 is 1.83 bits per heavy atom. The Kier molecular flexibility index (Phi) is 5.12. The molecule has 23 heavy (non-hydrogen) atoms. The van der Waals surface area contributed by atoms with Crippen LogP contribution in [0.4, 0.5) is 0 Å². The summed E-state index contributed by atoms with van der Waals surface area (Å²) in [6.07, 6.45) is 8.23. The van der Waals surface area contributed by atoms with Gasteiger partial charge >= 0.3 is 5.97 Å². The van der Waals surface area contributed by atoms with Gasteiger partial charge in [-0.2, -0.15) is 9.34 Å². The van der Waals surface area contributed by atoms with Gasteiger partial charge in [-0.05, 0) is 37.2 Å². The molecule has 0 spiro atoms. The molecule has 3 fully saturated rings. The molecule has 1 aliphatic carbocycles. The number of hydrogen-bond acceptors (Lipinski definition) is 5. The van der Waals surface area contributed by atoms with Gasteiger partial charge in [-0.25, -0.2) is 0 Å². The molecule has 0 radical (unpaired) electrons. The second-order valence-corrected chi connectivity index (χ2v) is 10.1. The Bertz CT molecular complexity index is 466. The van der Waals surface area contributed by atoms with Gasteiger partial charge in [-0.1, -0.05) is 19.8 Å². The summed E-state index contributed by atoms with van der Waals surface area (Å²) >= 11 is 0. The van der Waals surface area contributed by atoms with Crippen molar-refractivity contribution in [2.75, 3.05) is 20.7 Å². The lowest BCUT2D eigenvalue weighted by Gasteiger charge is -2.35. The van der Waals surface area contributed by atoms with Gasteiger partial charge in [0.2, 0.25) is 0 Å². The summed E-state index contributed by atoms with van der Waals surface area (Å²) in [5, 5.41) is 0. The Morgan fingerprint density at radius 3 is 2.39 bits per heavy atom. The Morgan fingerprint density at radius 1 is 1.22 bits per heavy atom. The standard InChI is InChI=1S/C17H29N2O3P/c1-13(14-8-10-22-17(20)12-14)9-11-23(21)18(2)15-6-4-5-7-16(15)19(23)3/h9,11,13-16H,4-8,10,12H2,1-3H3/b11-9+/t13-,14+,15+,16+/m0/s1. The van der Waals surface area contributed by atoms with Crippen LogP contribution in [0.25, 0.3) is 0 Å². The van der Waals surface area contributed by atoms with Gasteiger partial charge in [0.15, 0.2) is 0 Å². The predicted molar refractivity (Wildman–Crippen MR) is 90.5 cm³/mol.